The van der Waals surface area contributed by atoms with Gasteiger partial charge < -0.3 is 15.0 Å². The number of nitrogens with one attached hydrogen (secondary N) is 1. The number of hydrogen-bond donors (Lipinski definition) is 1. The molecule has 4 aromatic rings. The number of hydrogen-bond acceptors (Lipinski definition) is 5. The van der Waals surface area contributed by atoms with E-state index >= 15 is 0 Å². The molecule has 45 heavy (non-hydrogen) atoms. The lowest BCUT2D eigenvalue weighted by molar-refractivity contribution is -0.140. The Morgan fingerprint density at radius 3 is 2.11 bits per heavy atom. The van der Waals surface area contributed by atoms with Gasteiger partial charge in [-0.15, -0.1) is 0 Å². The lowest BCUT2D eigenvalue weighted by atomic mass is 10.0. The quantitative estimate of drug-likeness (QED) is 0.173. The van der Waals surface area contributed by atoms with E-state index in [1.165, 1.54) is 24.1 Å². The summed E-state index contributed by atoms with van der Waals surface area (Å²) in [7, 11) is -2.78. The van der Waals surface area contributed by atoms with Crippen molar-refractivity contribution in [3.63, 3.8) is 0 Å². The summed E-state index contributed by atoms with van der Waals surface area (Å²) in [6.07, 6.45) is 0.241. The first-order valence-corrected chi connectivity index (χ1v) is 16.9. The van der Waals surface area contributed by atoms with Crippen molar-refractivity contribution in [3.8, 4) is 5.75 Å². The summed E-state index contributed by atoms with van der Waals surface area (Å²) in [4.78, 5) is 29.9. The number of benzene rings is 4. The molecule has 1 atom stereocenters. The molecular formula is C35H38BrN3O5S. The van der Waals surface area contributed by atoms with Crippen LogP contribution in [0.3, 0.4) is 0 Å². The van der Waals surface area contributed by atoms with Crippen molar-refractivity contribution in [2.45, 2.75) is 37.8 Å². The van der Waals surface area contributed by atoms with Crippen LogP contribution in [0.4, 0.5) is 5.69 Å². The predicted molar refractivity (Wildman–Crippen MR) is 180 cm³/mol. The molecule has 236 valence electrons. The zero-order chi connectivity index (χ0) is 32.4. The number of para-hydroxylation sites is 2. The first-order chi connectivity index (χ1) is 21.6. The van der Waals surface area contributed by atoms with Crippen LogP contribution >= 0.6 is 15.9 Å². The van der Waals surface area contributed by atoms with Gasteiger partial charge in [0.1, 0.15) is 18.3 Å². The fourth-order valence-corrected chi connectivity index (χ4v) is 6.77. The van der Waals surface area contributed by atoms with Crippen molar-refractivity contribution in [1.29, 1.82) is 0 Å². The third-order valence-corrected chi connectivity index (χ3v) is 9.43. The van der Waals surface area contributed by atoms with Gasteiger partial charge >= 0.3 is 0 Å². The molecule has 2 amide bonds. The molecule has 0 aliphatic heterocycles. The first kappa shape index (κ1) is 33.7. The van der Waals surface area contributed by atoms with Gasteiger partial charge in [-0.1, -0.05) is 103 Å². The van der Waals surface area contributed by atoms with Gasteiger partial charge in [0.05, 0.1) is 17.7 Å². The Hall–Kier alpha value is -4.15. The van der Waals surface area contributed by atoms with Crippen LogP contribution in [0.25, 0.3) is 0 Å². The molecule has 0 radical (unpaired) electrons. The Morgan fingerprint density at radius 1 is 0.844 bits per heavy atom. The average molecular weight is 693 g/mol. The fraction of sp³-hybridized carbons (Fsp3) is 0.257. The first-order valence-electron chi connectivity index (χ1n) is 14.7. The SMILES string of the molecule is COc1ccccc1N(CC(=O)N(Cc1cccc(Br)c1)[C@@H](Cc1ccccc1)C(=O)NCC(C)C)S(=O)(=O)c1ccccc1. The summed E-state index contributed by atoms with van der Waals surface area (Å²) >= 11 is 3.50. The van der Waals surface area contributed by atoms with Gasteiger partial charge in [-0.2, -0.15) is 0 Å². The van der Waals surface area contributed by atoms with Crippen molar-refractivity contribution < 1.29 is 22.7 Å². The molecule has 0 bridgehead atoms. The van der Waals surface area contributed by atoms with Crippen LogP contribution in [0.5, 0.6) is 5.75 Å². The minimum absolute atomic E-state index is 0.0257. The molecular weight excluding hydrogens is 654 g/mol. The number of methoxy groups -OCH3 is 1. The number of halogens is 1. The highest BCUT2D eigenvalue weighted by atomic mass is 79.9. The molecule has 0 spiro atoms. The number of sulfonamides is 1. The maximum Gasteiger partial charge on any atom is 0.264 e. The molecule has 0 aliphatic carbocycles. The summed E-state index contributed by atoms with van der Waals surface area (Å²) < 4.78 is 35.7. The standard InChI is InChI=1S/C35H38BrN3O5S/c1-26(2)23-37-35(41)32(22-27-13-6-4-7-14-27)38(24-28-15-12-16-29(36)21-28)34(40)25-39(31-19-10-11-20-33(31)44-3)45(42,43)30-17-8-5-9-18-30/h4-21,26,32H,22-25H2,1-3H3,(H,37,41)/t32-/m0/s1. The third kappa shape index (κ3) is 8.95. The van der Waals surface area contributed by atoms with Crippen LogP contribution in [0, 0.1) is 5.92 Å². The molecule has 10 heteroatoms. The Bertz CT molecular complexity index is 1680. The Kier molecular flexibility index (Phi) is 11.8. The van der Waals surface area contributed by atoms with Crippen molar-refractivity contribution >= 4 is 43.5 Å². The molecule has 1 N–H and O–H groups in total. The normalized spacial score (nSPS) is 11.9. The molecule has 4 rings (SSSR count). The Labute approximate surface area is 274 Å². The van der Waals surface area contributed by atoms with Gasteiger partial charge in [-0.05, 0) is 53.4 Å². The van der Waals surface area contributed by atoms with Gasteiger partial charge in [0.15, 0.2) is 0 Å². The highest BCUT2D eigenvalue weighted by molar-refractivity contribution is 9.10. The smallest absolute Gasteiger partial charge is 0.264 e. The van der Waals surface area contributed by atoms with E-state index in [9.17, 15) is 18.0 Å². The molecule has 0 unspecified atom stereocenters. The molecule has 0 saturated carbocycles. The van der Waals surface area contributed by atoms with Crippen LogP contribution in [-0.4, -0.2) is 51.4 Å². The van der Waals surface area contributed by atoms with Crippen LogP contribution in [0.2, 0.25) is 0 Å². The third-order valence-electron chi connectivity index (χ3n) is 7.16. The van der Waals surface area contributed by atoms with E-state index < -0.39 is 28.5 Å². The number of ether oxygens (including phenoxy) is 1. The van der Waals surface area contributed by atoms with Crippen molar-refractivity contribution in [1.82, 2.24) is 10.2 Å². The molecule has 0 aliphatic rings. The number of anilines is 1. The van der Waals surface area contributed by atoms with Gasteiger partial charge in [0, 0.05) is 24.0 Å². The molecule has 0 heterocycles. The number of rotatable bonds is 14. The second kappa shape index (κ2) is 15.7. The van der Waals surface area contributed by atoms with Crippen LogP contribution in [0.1, 0.15) is 25.0 Å². The molecule has 8 nitrogen and oxygen atoms in total. The van der Waals surface area contributed by atoms with E-state index in [-0.39, 0.29) is 35.4 Å². The summed E-state index contributed by atoms with van der Waals surface area (Å²) in [6.45, 7) is 3.94. The molecule has 0 fully saturated rings. The summed E-state index contributed by atoms with van der Waals surface area (Å²) in [6, 6.07) is 30.6. The van der Waals surface area contributed by atoms with Crippen LogP contribution in [-0.2, 0) is 32.6 Å². The van der Waals surface area contributed by atoms with Crippen LogP contribution in [0.15, 0.2) is 119 Å². The van der Waals surface area contributed by atoms with Crippen molar-refractivity contribution in [2.24, 2.45) is 5.92 Å². The minimum atomic E-state index is -4.22. The fourth-order valence-electron chi connectivity index (χ4n) is 4.88. The second-order valence-electron chi connectivity index (χ2n) is 11.0. The Morgan fingerprint density at radius 2 is 1.47 bits per heavy atom. The Balaban J connectivity index is 1.82. The van der Waals surface area contributed by atoms with E-state index in [1.54, 1.807) is 42.5 Å². The van der Waals surface area contributed by atoms with E-state index in [2.05, 4.69) is 21.2 Å². The topological polar surface area (TPSA) is 96.0 Å². The average Bonchev–Trinajstić information content (AvgIpc) is 3.04. The summed E-state index contributed by atoms with van der Waals surface area (Å²) in [5.41, 5.74) is 1.86. The number of amides is 2. The number of nitrogens with zero attached hydrogens (tertiary/aromatic N) is 2. The molecule has 0 saturated heterocycles. The monoisotopic (exact) mass is 691 g/mol. The van der Waals surface area contributed by atoms with E-state index in [0.717, 1.165) is 19.9 Å². The molecule has 0 aromatic heterocycles. The van der Waals surface area contributed by atoms with E-state index in [4.69, 9.17) is 4.74 Å². The lowest BCUT2D eigenvalue weighted by Gasteiger charge is -2.34. The zero-order valence-corrected chi connectivity index (χ0v) is 28.0. The zero-order valence-electron chi connectivity index (χ0n) is 25.6. The minimum Gasteiger partial charge on any atom is -0.495 e. The maximum absolute atomic E-state index is 14.6. The highest BCUT2D eigenvalue weighted by Crippen LogP contribution is 2.32. The molecule has 4 aromatic carbocycles. The number of carbonyl (C=O) groups excluding carboxylic acids is 2. The van der Waals surface area contributed by atoms with Gasteiger partial charge in [-0.25, -0.2) is 8.42 Å². The van der Waals surface area contributed by atoms with E-state index in [0.29, 0.717) is 12.3 Å². The summed E-state index contributed by atoms with van der Waals surface area (Å²) in [5.74, 6) is -0.372. The van der Waals surface area contributed by atoms with Crippen molar-refractivity contribution in [3.05, 3.63) is 125 Å². The lowest BCUT2D eigenvalue weighted by Crippen LogP contribution is -2.53. The highest BCUT2D eigenvalue weighted by Gasteiger charge is 2.35. The largest absolute Gasteiger partial charge is 0.495 e. The van der Waals surface area contributed by atoms with Gasteiger partial charge in [0.25, 0.3) is 10.0 Å². The van der Waals surface area contributed by atoms with Crippen LogP contribution < -0.4 is 14.4 Å². The second-order valence-corrected chi connectivity index (χ2v) is 13.8. The number of carbonyl (C=O) groups is 2. The van der Waals surface area contributed by atoms with Crippen molar-refractivity contribution in [2.75, 3.05) is 24.5 Å². The van der Waals surface area contributed by atoms with Gasteiger partial charge in [0.2, 0.25) is 11.8 Å². The van der Waals surface area contributed by atoms with Gasteiger partial charge in [-0.3, -0.25) is 13.9 Å². The predicted octanol–water partition coefficient (Wildman–Crippen LogP) is 6.07. The maximum atomic E-state index is 14.6. The van der Waals surface area contributed by atoms with E-state index in [1.807, 2.05) is 68.4 Å². The summed E-state index contributed by atoms with van der Waals surface area (Å²) in [5, 5.41) is 3.00.